The molecule has 8 aromatic carbocycles. The van der Waals surface area contributed by atoms with Gasteiger partial charge >= 0.3 is 23.9 Å². The lowest BCUT2D eigenvalue weighted by atomic mass is 10.0. The van der Waals surface area contributed by atoms with Gasteiger partial charge in [-0.1, -0.05) is 75.8 Å². The molecular weight excluding hydrogens is 1900 g/mol. The van der Waals surface area contributed by atoms with Gasteiger partial charge in [-0.05, 0) is 300 Å². The minimum absolute atomic E-state index is 0.0370. The number of aromatic carboxylic acids is 4. The molecule has 4 N–H and O–H groups in total. The van der Waals surface area contributed by atoms with Crippen LogP contribution in [0, 0.1) is 6.92 Å². The van der Waals surface area contributed by atoms with Gasteiger partial charge in [0.25, 0.3) is 0 Å². The van der Waals surface area contributed by atoms with Gasteiger partial charge in [0.2, 0.25) is 0 Å². The average molecular weight is 1980 g/mol. The van der Waals surface area contributed by atoms with Crippen LogP contribution in [0.25, 0.3) is 61.4 Å². The number of aryl methyl sites for hydroxylation is 2. The third-order valence-electron chi connectivity index (χ3n) is 23.3. The zero-order valence-electron chi connectivity index (χ0n) is 70.9. The zero-order chi connectivity index (χ0) is 94.4. The molecule has 4 fully saturated rings. The topological polar surface area (TPSA) is 419 Å². The van der Waals surface area contributed by atoms with Crippen molar-refractivity contribution in [1.29, 1.82) is 0 Å². The van der Waals surface area contributed by atoms with Crippen LogP contribution in [0.5, 0.6) is 0 Å². The molecule has 30 nitrogen and oxygen atoms in total. The molecule has 0 amide bonds. The monoisotopic (exact) mass is 1970 g/mol. The molecule has 0 bridgehead atoms. The molecule has 8 heterocycles. The Balaban J connectivity index is 0.000000124. The standard InChI is InChI=1S/C25H21ClN2O5S.C24H21ClN4O4S.C24H19ClN2O4S2.C22H18ClN5O4S/c1-15-21(13-27-33-15)20-10-18(23(12-22(20)26)28-8-2-3-9-28)14-34(31,32)24-11-17(25(29)30)6-7-19(24)16-4-5-16;1-28-23(26-14-27-28)19-10-17(21(12-20(19)25)29-8-2-3-9-29)13-34(32,33)22-11-16(24(30)31)6-7-18(22)15-4-5-15;25-20-13-21(27-9-1-2-10-27)17(11-19(20)22-7-8-26-32-22)14-33(30,31)23-12-16(24(28)29)5-6-18(23)15-3-4-15;23-18-11-19(27-7-1-2-8-27)16(9-20(18)28-13-24-25-26-28)12-33(31,32)21-10-15(22(29)30)5-6-17(21)14-3-4-14/h2-3,6-13,16H,4-5,14H2,1H3,(H,29,30);2-3,6-12,14-15H,4-5,13H2,1H3,(H,30,31);1-2,5-13,15H,3-4,14H2,(H,28,29);1-2,5-11,13-14H,3-4,12H2,(H,29,30). The smallest absolute Gasteiger partial charge is 0.335 e. The largest absolute Gasteiger partial charge is 0.478 e. The average Bonchev–Trinajstić information content (AvgIpc) is 0.843. The van der Waals surface area contributed by atoms with Gasteiger partial charge in [0.05, 0.1) is 124 Å². The molecule has 684 valence electrons. The Morgan fingerprint density at radius 3 is 1.06 bits per heavy atom. The minimum atomic E-state index is -3.90. The molecule has 39 heteroatoms. The van der Waals surface area contributed by atoms with E-state index in [1.807, 2.05) is 96.3 Å². The Labute approximate surface area is 791 Å². The molecular formula is C95H79Cl4N13O17S5. The van der Waals surface area contributed by atoms with E-state index >= 15 is 0 Å². The number of rotatable bonds is 28. The van der Waals surface area contributed by atoms with Crippen LogP contribution in [0.1, 0.15) is 167 Å². The summed E-state index contributed by atoms with van der Waals surface area (Å²) >= 11 is 27.5. The Morgan fingerprint density at radius 1 is 0.418 bits per heavy atom. The molecule has 4 aliphatic carbocycles. The number of tetrazole rings is 1. The molecule has 20 rings (SSSR count). The molecule has 16 aromatic rings. The first-order valence-corrected chi connectivity index (χ1v) is 50.7. The summed E-state index contributed by atoms with van der Waals surface area (Å²) in [6.07, 6.45) is 27.6. The molecule has 4 saturated carbocycles. The van der Waals surface area contributed by atoms with Crippen molar-refractivity contribution in [2.75, 3.05) is 0 Å². The number of hydrogen-bond donors (Lipinski definition) is 4. The Bertz CT molecular complexity index is 7260. The highest BCUT2D eigenvalue weighted by molar-refractivity contribution is 7.91. The summed E-state index contributed by atoms with van der Waals surface area (Å²) in [7, 11) is -13.8. The van der Waals surface area contributed by atoms with Crippen molar-refractivity contribution in [3.8, 4) is 61.4 Å². The van der Waals surface area contributed by atoms with E-state index in [1.54, 1.807) is 130 Å². The molecule has 134 heavy (non-hydrogen) atoms. The summed E-state index contributed by atoms with van der Waals surface area (Å²) < 4.78 is 129. The van der Waals surface area contributed by atoms with E-state index in [4.69, 9.17) is 50.9 Å². The van der Waals surface area contributed by atoms with Gasteiger partial charge < -0.3 is 43.2 Å². The molecule has 0 atom stereocenters. The van der Waals surface area contributed by atoms with Crippen LogP contribution >= 0.6 is 57.9 Å². The fourth-order valence-corrected chi connectivity index (χ4v) is 24.6. The number of carbonyl (C=O) groups is 4. The van der Waals surface area contributed by atoms with Gasteiger partial charge in [-0.15, -0.1) is 5.10 Å². The Kier molecular flexibility index (Phi) is 26.3. The van der Waals surface area contributed by atoms with Crippen molar-refractivity contribution >= 4 is 121 Å². The van der Waals surface area contributed by atoms with Crippen LogP contribution in [-0.4, -0.2) is 141 Å². The number of nitrogens with zero attached hydrogens (tertiary/aromatic N) is 13. The van der Waals surface area contributed by atoms with Gasteiger partial charge in [0.15, 0.2) is 45.2 Å². The van der Waals surface area contributed by atoms with Crippen molar-refractivity contribution in [2.45, 2.75) is 125 Å². The van der Waals surface area contributed by atoms with Crippen LogP contribution < -0.4 is 0 Å². The van der Waals surface area contributed by atoms with E-state index in [2.05, 4.69) is 35.1 Å². The molecule has 8 aromatic heterocycles. The first-order valence-electron chi connectivity index (χ1n) is 41.8. The predicted octanol–water partition coefficient (Wildman–Crippen LogP) is 19.6. The number of benzene rings is 8. The van der Waals surface area contributed by atoms with Crippen LogP contribution in [0.3, 0.4) is 0 Å². The number of halogens is 4. The van der Waals surface area contributed by atoms with Crippen LogP contribution in [-0.2, 0) is 69.4 Å². The van der Waals surface area contributed by atoms with E-state index in [0.717, 1.165) is 56.2 Å². The maximum Gasteiger partial charge on any atom is 0.335 e. The van der Waals surface area contributed by atoms with Crippen molar-refractivity contribution in [3.63, 3.8) is 0 Å². The normalized spacial score (nSPS) is 13.8. The Morgan fingerprint density at radius 2 is 0.754 bits per heavy atom. The second kappa shape index (κ2) is 38.0. The summed E-state index contributed by atoms with van der Waals surface area (Å²) in [6, 6.07) is 47.8. The van der Waals surface area contributed by atoms with Gasteiger partial charge in [-0.3, -0.25) is 0 Å². The number of carboxylic acids is 4. The van der Waals surface area contributed by atoms with Crippen molar-refractivity contribution in [2.24, 2.45) is 7.05 Å². The highest BCUT2D eigenvalue weighted by atomic mass is 35.5. The quantitative estimate of drug-likeness (QED) is 0.0354. The van der Waals surface area contributed by atoms with E-state index in [9.17, 15) is 73.3 Å². The molecule has 0 aliphatic heterocycles. The van der Waals surface area contributed by atoms with Crippen LogP contribution in [0.15, 0.2) is 275 Å². The maximum atomic E-state index is 13.7. The van der Waals surface area contributed by atoms with Gasteiger partial charge in [0.1, 0.15) is 18.4 Å². The second-order valence-electron chi connectivity index (χ2n) is 32.7. The number of hydrogen-bond acceptors (Lipinski definition) is 21. The third kappa shape index (κ3) is 20.3. The van der Waals surface area contributed by atoms with Crippen molar-refractivity contribution < 1.29 is 77.8 Å². The fourth-order valence-electron chi connectivity index (χ4n) is 16.1. The maximum absolute atomic E-state index is 13.7. The van der Waals surface area contributed by atoms with E-state index in [1.165, 1.54) is 77.4 Å². The lowest BCUT2D eigenvalue weighted by Gasteiger charge is -2.16. The van der Waals surface area contributed by atoms with E-state index < -0.39 is 63.2 Å². The number of carboxylic acid groups (broad SMARTS) is 4. The first kappa shape index (κ1) is 92.6. The summed E-state index contributed by atoms with van der Waals surface area (Å²) in [6.45, 7) is 1.76. The van der Waals surface area contributed by atoms with Crippen molar-refractivity contribution in [1.82, 2.24) is 62.8 Å². The summed E-state index contributed by atoms with van der Waals surface area (Å²) in [5.41, 5.74) is 10.1. The van der Waals surface area contributed by atoms with Crippen molar-refractivity contribution in [3.05, 3.63) is 343 Å². The number of aromatic nitrogens is 13. The van der Waals surface area contributed by atoms with Gasteiger partial charge in [0, 0.05) is 85.1 Å². The molecule has 0 spiro atoms. The minimum Gasteiger partial charge on any atom is -0.478 e. The number of sulfone groups is 4. The first-order chi connectivity index (χ1) is 64.1. The predicted molar refractivity (Wildman–Crippen MR) is 502 cm³/mol. The van der Waals surface area contributed by atoms with Crippen LogP contribution in [0.2, 0.25) is 20.1 Å². The summed E-state index contributed by atoms with van der Waals surface area (Å²) in [5.74, 6) is -4.31. The Hall–Kier alpha value is -13.2. The van der Waals surface area contributed by atoms with Gasteiger partial charge in [-0.25, -0.2) is 66.9 Å². The second-order valence-corrected chi connectivity index (χ2v) is 43.0. The fraction of sp³-hybridized carbons (Fsp3) is 0.189. The SMILES string of the molecule is Cc1oncc1-c1cc(CS(=O)(=O)c2cc(C(=O)O)ccc2C2CC2)c(-n2cccc2)cc1Cl.Cn1ncnc1-c1cc(CS(=O)(=O)c2cc(C(=O)O)ccc2C2CC2)c(-n2cccc2)cc1Cl.O=C(O)c1ccc(C2CC2)c(S(=O)(=O)Cc2cc(-c3ccns3)c(Cl)cc2-n2cccc2)c1.O=C(O)c1ccc(C2CC2)c(S(=O)(=O)Cc2cc(-n3cnnn3)c(Cl)cc2-n2cccc2)c1. The zero-order valence-corrected chi connectivity index (χ0v) is 78.0. The third-order valence-corrected chi connectivity index (χ3v) is 32.2. The lowest BCUT2D eigenvalue weighted by Crippen LogP contribution is -2.12. The summed E-state index contributed by atoms with van der Waals surface area (Å²) in [4.78, 5) is 51.6. The van der Waals surface area contributed by atoms with Crippen LogP contribution in [0.4, 0.5) is 0 Å². The highest BCUT2D eigenvalue weighted by Crippen LogP contribution is 2.49. The lowest BCUT2D eigenvalue weighted by molar-refractivity contribution is 0.0685. The summed E-state index contributed by atoms with van der Waals surface area (Å²) in [5, 5.41) is 58.4. The molecule has 0 radical (unpaired) electrons. The molecule has 0 unspecified atom stereocenters. The molecule has 0 saturated heterocycles. The van der Waals surface area contributed by atoms with Gasteiger partial charge in [-0.2, -0.15) is 9.78 Å². The van der Waals surface area contributed by atoms with E-state index in [-0.39, 0.29) is 88.5 Å². The molecule has 4 aliphatic rings. The van der Waals surface area contributed by atoms with E-state index in [0.29, 0.717) is 127 Å². The highest BCUT2D eigenvalue weighted by Gasteiger charge is 2.38.